The SMILES string of the molecule is CC(C)(C)OC(=O)/N=C(\N)c1ccc2c(c1)N(Cc1cccc3ccccc13)C(C1OC1N1CC[C@@H](O)C1)C2. The molecular formula is C31H36N4O4. The van der Waals surface area contributed by atoms with Crippen molar-refractivity contribution < 1.29 is 19.4 Å². The molecule has 3 aliphatic heterocycles. The van der Waals surface area contributed by atoms with Gasteiger partial charge in [-0.2, -0.15) is 4.99 Å². The monoisotopic (exact) mass is 528 g/mol. The van der Waals surface area contributed by atoms with Gasteiger partial charge in [-0.15, -0.1) is 0 Å². The Bertz CT molecular complexity index is 1430. The maximum atomic E-state index is 12.3. The number of nitrogens with two attached hydrogens (primary N) is 1. The standard InChI is InChI=1S/C31H36N4O4/c1-31(2,3)39-30(37)33-28(32)21-12-11-20-15-26(27-29(38-27)34-14-13-23(36)18-34)35(25(20)16-21)17-22-9-6-8-19-7-4-5-10-24(19)22/h4-12,16,23,26-27,29,36H,13-15,17-18H2,1-3H3,(H2,32,33,37)/t23-,26?,27?,29?/m1/s1. The van der Waals surface area contributed by atoms with Crippen LogP contribution in [0.25, 0.3) is 10.8 Å². The van der Waals surface area contributed by atoms with Gasteiger partial charge in [-0.3, -0.25) is 4.90 Å². The fourth-order valence-electron chi connectivity index (χ4n) is 5.92. The maximum Gasteiger partial charge on any atom is 0.436 e. The number of likely N-dealkylation sites (tertiary alicyclic amines) is 1. The normalized spacial score (nSPS) is 25.2. The molecular weight excluding hydrogens is 492 g/mol. The number of hydrogen-bond donors (Lipinski definition) is 2. The number of amidine groups is 1. The number of amides is 1. The molecule has 3 heterocycles. The molecule has 8 heteroatoms. The molecule has 0 aliphatic carbocycles. The third-order valence-corrected chi connectivity index (χ3v) is 7.78. The summed E-state index contributed by atoms with van der Waals surface area (Å²) < 4.78 is 11.6. The van der Waals surface area contributed by atoms with E-state index in [0.29, 0.717) is 18.7 Å². The van der Waals surface area contributed by atoms with Gasteiger partial charge in [-0.1, -0.05) is 54.6 Å². The topological polar surface area (TPSA) is 104 Å². The zero-order valence-corrected chi connectivity index (χ0v) is 22.7. The second-order valence-electron chi connectivity index (χ2n) is 11.8. The summed E-state index contributed by atoms with van der Waals surface area (Å²) in [5, 5.41) is 12.5. The summed E-state index contributed by atoms with van der Waals surface area (Å²) in [4.78, 5) is 21.0. The molecule has 0 spiro atoms. The van der Waals surface area contributed by atoms with Crippen LogP contribution in [0.1, 0.15) is 43.9 Å². The van der Waals surface area contributed by atoms with Crippen molar-refractivity contribution in [3.8, 4) is 0 Å². The third-order valence-electron chi connectivity index (χ3n) is 7.78. The van der Waals surface area contributed by atoms with Crippen molar-refractivity contribution in [3.63, 3.8) is 0 Å². The number of hydrogen-bond acceptors (Lipinski definition) is 6. The molecule has 39 heavy (non-hydrogen) atoms. The summed E-state index contributed by atoms with van der Waals surface area (Å²) in [5.74, 6) is 0.132. The van der Waals surface area contributed by atoms with Crippen LogP contribution in [0.4, 0.5) is 10.5 Å². The molecule has 3 aromatic rings. The molecule has 6 rings (SSSR count). The molecule has 8 nitrogen and oxygen atoms in total. The summed E-state index contributed by atoms with van der Waals surface area (Å²) in [6, 6.07) is 21.0. The number of β-amino-alcohol motifs (C(OH)–C–C–N with tert-alkyl or cyclic N) is 1. The fraction of sp³-hybridized carbons (Fsp3) is 0.419. The lowest BCUT2D eigenvalue weighted by atomic mass is 10.0. The van der Waals surface area contributed by atoms with Crippen LogP contribution >= 0.6 is 0 Å². The van der Waals surface area contributed by atoms with E-state index in [9.17, 15) is 9.90 Å². The number of fused-ring (bicyclic) bond motifs is 2. The lowest BCUT2D eigenvalue weighted by Gasteiger charge is -2.28. The maximum absolute atomic E-state index is 12.3. The lowest BCUT2D eigenvalue weighted by molar-refractivity contribution is 0.0604. The quantitative estimate of drug-likeness (QED) is 0.291. The van der Waals surface area contributed by atoms with Gasteiger partial charge < -0.3 is 25.2 Å². The number of epoxide rings is 1. The number of carbonyl (C=O) groups excluding carboxylic acids is 1. The van der Waals surface area contributed by atoms with Crippen molar-refractivity contribution in [2.24, 2.45) is 10.7 Å². The minimum absolute atomic E-state index is 0.0229. The number of aliphatic imine (C=N–C) groups is 1. The number of aliphatic hydroxyl groups excluding tert-OH is 1. The fourth-order valence-corrected chi connectivity index (χ4v) is 5.92. The Hall–Kier alpha value is -3.46. The molecule has 0 radical (unpaired) electrons. The molecule has 0 bridgehead atoms. The molecule has 0 saturated carbocycles. The first-order valence-electron chi connectivity index (χ1n) is 13.7. The van der Waals surface area contributed by atoms with Crippen molar-refractivity contribution in [2.75, 3.05) is 18.0 Å². The summed E-state index contributed by atoms with van der Waals surface area (Å²) in [6.07, 6.45) is 0.728. The third kappa shape index (κ3) is 5.37. The first kappa shape index (κ1) is 25.8. The number of aliphatic hydroxyl groups is 1. The molecule has 204 valence electrons. The zero-order valence-electron chi connectivity index (χ0n) is 22.7. The van der Waals surface area contributed by atoms with Gasteiger partial charge in [0.15, 0.2) is 0 Å². The van der Waals surface area contributed by atoms with Crippen molar-refractivity contribution in [3.05, 3.63) is 77.4 Å². The summed E-state index contributed by atoms with van der Waals surface area (Å²) in [6.45, 7) is 7.62. The summed E-state index contributed by atoms with van der Waals surface area (Å²) in [5.41, 5.74) is 9.84. The number of anilines is 1. The minimum Gasteiger partial charge on any atom is -0.442 e. The van der Waals surface area contributed by atoms with Gasteiger partial charge >= 0.3 is 6.09 Å². The first-order chi connectivity index (χ1) is 18.7. The Morgan fingerprint density at radius 1 is 1.15 bits per heavy atom. The van der Waals surface area contributed by atoms with E-state index in [4.69, 9.17) is 15.2 Å². The van der Waals surface area contributed by atoms with Crippen LogP contribution in [0.15, 0.2) is 65.7 Å². The van der Waals surface area contributed by atoms with E-state index in [1.807, 2.05) is 12.1 Å². The second kappa shape index (κ2) is 9.93. The Kier molecular flexibility index (Phi) is 6.57. The number of ether oxygens (including phenoxy) is 2. The molecule has 3 unspecified atom stereocenters. The second-order valence-corrected chi connectivity index (χ2v) is 11.8. The van der Waals surface area contributed by atoms with Gasteiger partial charge in [-0.05, 0) is 61.6 Å². The van der Waals surface area contributed by atoms with E-state index < -0.39 is 11.7 Å². The van der Waals surface area contributed by atoms with E-state index in [2.05, 4.69) is 63.3 Å². The van der Waals surface area contributed by atoms with Crippen LogP contribution in [0.3, 0.4) is 0 Å². The van der Waals surface area contributed by atoms with Crippen molar-refractivity contribution >= 4 is 28.4 Å². The van der Waals surface area contributed by atoms with Crippen LogP contribution in [-0.2, 0) is 22.4 Å². The Labute approximate surface area is 229 Å². The molecule has 2 saturated heterocycles. The van der Waals surface area contributed by atoms with E-state index in [1.165, 1.54) is 21.9 Å². The molecule has 3 aromatic carbocycles. The smallest absolute Gasteiger partial charge is 0.436 e. The molecule has 3 aliphatic rings. The van der Waals surface area contributed by atoms with E-state index in [0.717, 1.165) is 25.1 Å². The average Bonchev–Trinajstić information content (AvgIpc) is 3.43. The Morgan fingerprint density at radius 2 is 1.95 bits per heavy atom. The van der Waals surface area contributed by atoms with Gasteiger partial charge in [0.2, 0.25) is 0 Å². The number of benzene rings is 3. The summed E-state index contributed by atoms with van der Waals surface area (Å²) >= 11 is 0. The lowest BCUT2D eigenvalue weighted by Crippen LogP contribution is -2.39. The highest BCUT2D eigenvalue weighted by Gasteiger charge is 2.53. The minimum atomic E-state index is -0.701. The highest BCUT2D eigenvalue weighted by Crippen LogP contribution is 2.43. The predicted octanol–water partition coefficient (Wildman–Crippen LogP) is 4.20. The zero-order chi connectivity index (χ0) is 27.3. The van der Waals surface area contributed by atoms with Crippen LogP contribution in [0.5, 0.6) is 0 Å². The van der Waals surface area contributed by atoms with Crippen LogP contribution in [-0.4, -0.2) is 65.1 Å². The van der Waals surface area contributed by atoms with Crippen molar-refractivity contribution in [2.45, 2.75) is 70.2 Å². The predicted molar refractivity (Wildman–Crippen MR) is 152 cm³/mol. The van der Waals surface area contributed by atoms with Gasteiger partial charge in [0.1, 0.15) is 23.8 Å². The van der Waals surface area contributed by atoms with E-state index in [-0.39, 0.29) is 30.3 Å². The van der Waals surface area contributed by atoms with Gasteiger partial charge in [-0.25, -0.2) is 4.79 Å². The Morgan fingerprint density at radius 3 is 2.72 bits per heavy atom. The highest BCUT2D eigenvalue weighted by atomic mass is 16.6. The molecule has 0 aromatic heterocycles. The van der Waals surface area contributed by atoms with Crippen LogP contribution < -0.4 is 10.6 Å². The van der Waals surface area contributed by atoms with E-state index >= 15 is 0 Å². The van der Waals surface area contributed by atoms with Gasteiger partial charge in [0.05, 0.1) is 12.1 Å². The van der Waals surface area contributed by atoms with Crippen molar-refractivity contribution in [1.82, 2.24) is 4.90 Å². The number of nitrogens with zero attached hydrogens (tertiary/aromatic N) is 3. The van der Waals surface area contributed by atoms with Crippen molar-refractivity contribution in [1.29, 1.82) is 0 Å². The number of rotatable bonds is 5. The molecule has 3 N–H and O–H groups in total. The molecule has 1 amide bonds. The van der Waals surface area contributed by atoms with Gasteiger partial charge in [0, 0.05) is 30.9 Å². The van der Waals surface area contributed by atoms with Crippen LogP contribution in [0, 0.1) is 0 Å². The summed E-state index contributed by atoms with van der Waals surface area (Å²) in [7, 11) is 0. The van der Waals surface area contributed by atoms with Crippen LogP contribution in [0.2, 0.25) is 0 Å². The highest BCUT2D eigenvalue weighted by molar-refractivity contribution is 6.03. The largest absolute Gasteiger partial charge is 0.442 e. The first-order valence-corrected chi connectivity index (χ1v) is 13.7. The average molecular weight is 529 g/mol. The Balaban J connectivity index is 1.32. The van der Waals surface area contributed by atoms with E-state index in [1.54, 1.807) is 20.8 Å². The molecule has 4 atom stereocenters. The number of carbonyl (C=O) groups is 1. The van der Waals surface area contributed by atoms with Gasteiger partial charge in [0.25, 0.3) is 0 Å². The molecule has 2 fully saturated rings.